The summed E-state index contributed by atoms with van der Waals surface area (Å²) in [7, 11) is 0. The summed E-state index contributed by atoms with van der Waals surface area (Å²) in [4.78, 5) is 34.0. The predicted molar refractivity (Wildman–Crippen MR) is 76.4 cm³/mol. The average Bonchev–Trinajstić information content (AvgIpc) is 2.41. The third-order valence-electron chi connectivity index (χ3n) is 2.49. The van der Waals surface area contributed by atoms with E-state index in [4.69, 9.17) is 28.3 Å². The second kappa shape index (κ2) is 5.99. The van der Waals surface area contributed by atoms with E-state index in [1.807, 2.05) is 0 Å². The molecule has 6 nitrogen and oxygen atoms in total. The van der Waals surface area contributed by atoms with Gasteiger partial charge < -0.3 is 14.8 Å². The van der Waals surface area contributed by atoms with E-state index in [1.54, 1.807) is 0 Å². The summed E-state index contributed by atoms with van der Waals surface area (Å²) in [5.74, 6) is -1.97. The minimum absolute atomic E-state index is 0.0226. The maximum absolute atomic E-state index is 12.0. The second-order valence-electron chi connectivity index (χ2n) is 3.91. The zero-order chi connectivity index (χ0) is 15.6. The van der Waals surface area contributed by atoms with Crippen molar-refractivity contribution in [3.05, 3.63) is 62.1 Å². The lowest BCUT2D eigenvalue weighted by atomic mass is 10.1. The lowest BCUT2D eigenvalue weighted by molar-refractivity contribution is 0.0698. The molecule has 1 aromatic carbocycles. The Bertz CT molecular complexity index is 764. The number of anilines is 1. The molecule has 0 unspecified atom stereocenters. The largest absolute Gasteiger partial charge is 0.478 e. The molecule has 0 bridgehead atoms. The molecule has 0 radical (unpaired) electrons. The maximum atomic E-state index is 12.0. The van der Waals surface area contributed by atoms with Gasteiger partial charge in [0, 0.05) is 11.1 Å². The fourth-order valence-corrected chi connectivity index (χ4v) is 2.08. The number of nitrogens with one attached hydrogen (secondary N) is 1. The van der Waals surface area contributed by atoms with Crippen LogP contribution in [0.4, 0.5) is 5.69 Å². The molecule has 2 rings (SSSR count). The van der Waals surface area contributed by atoms with Crippen molar-refractivity contribution in [2.45, 2.75) is 0 Å². The second-order valence-corrected chi connectivity index (χ2v) is 4.76. The maximum Gasteiger partial charge on any atom is 0.337 e. The van der Waals surface area contributed by atoms with Crippen LogP contribution >= 0.6 is 23.2 Å². The van der Waals surface area contributed by atoms with Crippen LogP contribution in [0.5, 0.6) is 0 Å². The summed E-state index contributed by atoms with van der Waals surface area (Å²) < 4.78 is 4.56. The highest BCUT2D eigenvalue weighted by Crippen LogP contribution is 2.30. The smallest absolute Gasteiger partial charge is 0.337 e. The first-order chi connectivity index (χ1) is 9.88. The standard InChI is InChI=1S/C13H7Cl2NO5/c14-7-3-8(13(19)20)11(9(15)4-7)16-12(18)6-1-2-10(17)21-5-6/h1-5H,(H,16,18)(H,19,20). The molecule has 1 heterocycles. The zero-order valence-corrected chi connectivity index (χ0v) is 11.7. The van der Waals surface area contributed by atoms with Crippen molar-refractivity contribution in [3.63, 3.8) is 0 Å². The van der Waals surface area contributed by atoms with E-state index < -0.39 is 17.5 Å². The highest BCUT2D eigenvalue weighted by atomic mass is 35.5. The molecule has 21 heavy (non-hydrogen) atoms. The Morgan fingerprint density at radius 2 is 1.90 bits per heavy atom. The number of amides is 1. The normalized spacial score (nSPS) is 10.2. The van der Waals surface area contributed by atoms with Crippen LogP contribution in [-0.2, 0) is 0 Å². The van der Waals surface area contributed by atoms with Gasteiger partial charge in [-0.25, -0.2) is 9.59 Å². The van der Waals surface area contributed by atoms with Gasteiger partial charge in [-0.05, 0) is 18.2 Å². The van der Waals surface area contributed by atoms with Crippen LogP contribution in [0.1, 0.15) is 20.7 Å². The van der Waals surface area contributed by atoms with Crippen molar-refractivity contribution in [1.82, 2.24) is 0 Å². The summed E-state index contributed by atoms with van der Waals surface area (Å²) in [5, 5.41) is 11.6. The van der Waals surface area contributed by atoms with Gasteiger partial charge in [0.2, 0.25) is 0 Å². The number of rotatable bonds is 3. The Morgan fingerprint density at radius 1 is 1.19 bits per heavy atom. The molecule has 0 saturated carbocycles. The van der Waals surface area contributed by atoms with E-state index in [0.29, 0.717) is 0 Å². The number of carbonyl (C=O) groups is 2. The highest BCUT2D eigenvalue weighted by Gasteiger charge is 2.18. The lowest BCUT2D eigenvalue weighted by Gasteiger charge is -2.10. The van der Waals surface area contributed by atoms with Gasteiger partial charge in [-0.1, -0.05) is 23.2 Å². The van der Waals surface area contributed by atoms with E-state index in [0.717, 1.165) is 18.4 Å². The number of aromatic carboxylic acids is 1. The minimum Gasteiger partial charge on any atom is -0.478 e. The number of carboxylic acids is 1. The van der Waals surface area contributed by atoms with Crippen molar-refractivity contribution in [1.29, 1.82) is 0 Å². The molecule has 108 valence electrons. The van der Waals surface area contributed by atoms with Crippen LogP contribution in [0.25, 0.3) is 0 Å². The molecular weight excluding hydrogens is 321 g/mol. The Labute approximate surface area is 127 Å². The van der Waals surface area contributed by atoms with Crippen LogP contribution in [0.3, 0.4) is 0 Å². The number of hydrogen-bond donors (Lipinski definition) is 2. The van der Waals surface area contributed by atoms with Crippen LogP contribution in [0, 0.1) is 0 Å². The first-order valence-corrected chi connectivity index (χ1v) is 6.26. The predicted octanol–water partition coefficient (Wildman–Crippen LogP) is 2.90. The van der Waals surface area contributed by atoms with Crippen molar-refractivity contribution < 1.29 is 19.1 Å². The van der Waals surface area contributed by atoms with Crippen molar-refractivity contribution >= 4 is 40.8 Å². The third kappa shape index (κ3) is 3.42. The molecule has 8 heteroatoms. The summed E-state index contributed by atoms with van der Waals surface area (Å²) >= 11 is 11.6. The minimum atomic E-state index is -1.30. The topological polar surface area (TPSA) is 96.6 Å². The fourth-order valence-electron chi connectivity index (χ4n) is 1.54. The van der Waals surface area contributed by atoms with Gasteiger partial charge in [0.15, 0.2) is 0 Å². The van der Waals surface area contributed by atoms with Crippen LogP contribution < -0.4 is 10.9 Å². The van der Waals surface area contributed by atoms with Gasteiger partial charge in [0.05, 0.1) is 21.8 Å². The molecule has 0 aliphatic carbocycles. The molecule has 0 aliphatic rings. The molecular formula is C13H7Cl2NO5. The quantitative estimate of drug-likeness (QED) is 0.903. The Hall–Kier alpha value is -2.31. The van der Waals surface area contributed by atoms with E-state index in [9.17, 15) is 14.4 Å². The number of hydrogen-bond acceptors (Lipinski definition) is 4. The van der Waals surface area contributed by atoms with Crippen LogP contribution in [0.2, 0.25) is 10.0 Å². The van der Waals surface area contributed by atoms with Gasteiger partial charge in [0.1, 0.15) is 6.26 Å². The van der Waals surface area contributed by atoms with Gasteiger partial charge in [-0.3, -0.25) is 4.79 Å². The monoisotopic (exact) mass is 327 g/mol. The molecule has 1 amide bonds. The summed E-state index contributed by atoms with van der Waals surface area (Å²) in [6.45, 7) is 0. The van der Waals surface area contributed by atoms with Crippen LogP contribution in [0.15, 0.2) is 39.7 Å². The van der Waals surface area contributed by atoms with Crippen molar-refractivity contribution in [3.8, 4) is 0 Å². The molecule has 0 fully saturated rings. The van der Waals surface area contributed by atoms with E-state index in [1.165, 1.54) is 12.1 Å². The fraction of sp³-hybridized carbons (Fsp3) is 0. The van der Waals surface area contributed by atoms with Crippen molar-refractivity contribution in [2.24, 2.45) is 0 Å². The zero-order valence-electron chi connectivity index (χ0n) is 10.2. The Morgan fingerprint density at radius 3 is 2.48 bits per heavy atom. The van der Waals surface area contributed by atoms with Crippen molar-refractivity contribution in [2.75, 3.05) is 5.32 Å². The number of benzene rings is 1. The Balaban J connectivity index is 2.39. The third-order valence-corrected chi connectivity index (χ3v) is 3.00. The SMILES string of the molecule is O=C(Nc1c(Cl)cc(Cl)cc1C(=O)O)c1ccc(=O)oc1. The summed E-state index contributed by atoms with van der Waals surface area (Å²) in [6.07, 6.45) is 0.960. The molecule has 2 N–H and O–H groups in total. The lowest BCUT2D eigenvalue weighted by Crippen LogP contribution is -2.16. The number of carbonyl (C=O) groups excluding carboxylic acids is 1. The number of carboxylic acid groups (broad SMARTS) is 1. The number of halogens is 2. The highest BCUT2D eigenvalue weighted by molar-refractivity contribution is 6.38. The molecule has 0 aliphatic heterocycles. The first kappa shape index (κ1) is 15.1. The van der Waals surface area contributed by atoms with Gasteiger partial charge >= 0.3 is 11.6 Å². The molecule has 0 spiro atoms. The van der Waals surface area contributed by atoms with Gasteiger partial charge in [-0.2, -0.15) is 0 Å². The summed E-state index contributed by atoms with van der Waals surface area (Å²) in [5.41, 5.74) is -0.915. The first-order valence-electron chi connectivity index (χ1n) is 5.51. The average molecular weight is 328 g/mol. The Kier molecular flexibility index (Phi) is 4.30. The molecule has 2 aromatic rings. The van der Waals surface area contributed by atoms with E-state index >= 15 is 0 Å². The molecule has 1 aromatic heterocycles. The molecule has 0 saturated heterocycles. The van der Waals surface area contributed by atoms with Gasteiger partial charge in [-0.15, -0.1) is 0 Å². The van der Waals surface area contributed by atoms with E-state index in [-0.39, 0.29) is 26.9 Å². The molecule has 0 atom stereocenters. The summed E-state index contributed by atoms with van der Waals surface area (Å²) in [6, 6.07) is 4.77. The van der Waals surface area contributed by atoms with Crippen LogP contribution in [-0.4, -0.2) is 17.0 Å². The van der Waals surface area contributed by atoms with Gasteiger partial charge in [0.25, 0.3) is 5.91 Å². The van der Waals surface area contributed by atoms with E-state index in [2.05, 4.69) is 9.73 Å².